The van der Waals surface area contributed by atoms with Crippen molar-refractivity contribution in [2.75, 3.05) is 90.5 Å². The molecule has 0 fully saturated rings. The van der Waals surface area contributed by atoms with Crippen molar-refractivity contribution in [3.8, 4) is 0 Å². The molecule has 6 amide bonds. The maximum atomic E-state index is 14.3. The van der Waals surface area contributed by atoms with E-state index in [0.29, 0.717) is 0 Å². The lowest BCUT2D eigenvalue weighted by Crippen LogP contribution is -2.39. The topological polar surface area (TPSA) is 290 Å². The Bertz CT molecular complexity index is 1890. The number of benzene rings is 2. The fourth-order valence-electron chi connectivity index (χ4n) is 5.12. The highest BCUT2D eigenvalue weighted by atomic mass is 127. The number of aliphatic hydroxyl groups excluding tert-OH is 7. The molecule has 2 rings (SSSR count). The van der Waals surface area contributed by atoms with E-state index in [1.54, 1.807) is 0 Å². The molecule has 0 aliphatic heterocycles. The minimum Gasteiger partial charge on any atom is -0.395 e. The van der Waals surface area contributed by atoms with Crippen LogP contribution < -0.4 is 16.0 Å². The van der Waals surface area contributed by atoms with Crippen molar-refractivity contribution in [3.05, 3.63) is 43.7 Å². The van der Waals surface area contributed by atoms with E-state index in [-0.39, 0.29) is 94.2 Å². The Hall–Kier alpha value is -0.640. The van der Waals surface area contributed by atoms with Gasteiger partial charge in [-0.1, -0.05) is 0 Å². The van der Waals surface area contributed by atoms with Gasteiger partial charge < -0.3 is 66.4 Å². The minimum atomic E-state index is -1.25. The van der Waals surface area contributed by atoms with Gasteiger partial charge in [-0.2, -0.15) is 0 Å². The Labute approximate surface area is 414 Å². The van der Waals surface area contributed by atoms with E-state index < -0.39 is 80.7 Å². The summed E-state index contributed by atoms with van der Waals surface area (Å²) < 4.78 is 1.40. The molecule has 322 valence electrons. The van der Waals surface area contributed by atoms with Crippen LogP contribution in [0.4, 0.5) is 11.4 Å². The maximum absolute atomic E-state index is 14.3. The molecule has 0 aromatic heterocycles. The fourth-order valence-corrected chi connectivity index (χ4v) is 13.9. The summed E-state index contributed by atoms with van der Waals surface area (Å²) in [5.41, 5.74) is 0.219. The van der Waals surface area contributed by atoms with Gasteiger partial charge in [0.1, 0.15) is 13.2 Å². The van der Waals surface area contributed by atoms with Crippen molar-refractivity contribution in [1.29, 1.82) is 0 Å². The Morgan fingerprint density at radius 2 is 0.948 bits per heavy atom. The number of hydrogen-bond acceptors (Lipinski definition) is 13. The van der Waals surface area contributed by atoms with Crippen molar-refractivity contribution in [3.63, 3.8) is 0 Å². The van der Waals surface area contributed by atoms with E-state index in [0.717, 1.165) is 9.80 Å². The monoisotopic (exact) mass is 1490 g/mol. The molecule has 2 atom stereocenters. The summed E-state index contributed by atoms with van der Waals surface area (Å²) in [4.78, 5) is 83.5. The molecule has 2 aromatic carbocycles. The third kappa shape index (κ3) is 13.7. The molecule has 25 heteroatoms. The number of likely N-dealkylation sites (N-methyl/N-ethyl adjacent to an activating group) is 2. The van der Waals surface area contributed by atoms with E-state index in [9.17, 15) is 64.5 Å². The van der Waals surface area contributed by atoms with Gasteiger partial charge in [0, 0.05) is 54.0 Å². The van der Waals surface area contributed by atoms with Crippen LogP contribution in [0, 0.1) is 21.4 Å². The minimum absolute atomic E-state index is 0.000853. The quantitative estimate of drug-likeness (QED) is 0.0631. The summed E-state index contributed by atoms with van der Waals surface area (Å²) in [5.74, 6) is -4.17. The van der Waals surface area contributed by atoms with Gasteiger partial charge in [-0.25, -0.2) is 0 Å². The van der Waals surface area contributed by atoms with E-state index in [1.807, 2.05) is 136 Å². The third-order valence-corrected chi connectivity index (χ3v) is 14.4. The van der Waals surface area contributed by atoms with Gasteiger partial charge >= 0.3 is 0 Å². The van der Waals surface area contributed by atoms with Gasteiger partial charge in [-0.3, -0.25) is 28.8 Å². The van der Waals surface area contributed by atoms with Gasteiger partial charge in [-0.15, -0.1) is 0 Å². The predicted octanol–water partition coefficient (Wildman–Crippen LogP) is 0.281. The molecule has 10 N–H and O–H groups in total. The summed E-state index contributed by atoms with van der Waals surface area (Å²) in [6, 6.07) is 0. The average molecular weight is 1490 g/mol. The number of carbonyl (C=O) groups is 6. The van der Waals surface area contributed by atoms with E-state index in [1.165, 1.54) is 19.0 Å². The van der Waals surface area contributed by atoms with Crippen LogP contribution in [0.1, 0.15) is 47.9 Å². The zero-order valence-corrected chi connectivity index (χ0v) is 43.6. The molecular weight excluding hydrogens is 1450 g/mol. The summed E-state index contributed by atoms with van der Waals surface area (Å²) in [7, 11) is 2.78. The first-order valence-corrected chi connectivity index (χ1v) is 23.2. The Kier molecular flexibility index (Phi) is 23.5. The second kappa shape index (κ2) is 25.5. The van der Waals surface area contributed by atoms with Crippen LogP contribution in [0.5, 0.6) is 0 Å². The first-order chi connectivity index (χ1) is 27.2. The molecular formula is C33H40I6N6O13. The van der Waals surface area contributed by atoms with Crippen LogP contribution >= 0.6 is 136 Å². The first kappa shape index (κ1) is 53.5. The average Bonchev–Trinajstić information content (AvgIpc) is 3.18. The highest BCUT2D eigenvalue weighted by Crippen LogP contribution is 2.38. The zero-order chi connectivity index (χ0) is 44.2. The van der Waals surface area contributed by atoms with Crippen LogP contribution in [0.25, 0.3) is 0 Å². The van der Waals surface area contributed by atoms with Crippen LogP contribution in [0.2, 0.25) is 0 Å². The lowest BCUT2D eigenvalue weighted by atomic mass is 10.1. The number of nitrogens with zero attached hydrogens (tertiary/aromatic N) is 3. The third-order valence-electron chi connectivity index (χ3n) is 7.95. The number of nitrogens with one attached hydrogen (secondary N) is 3. The van der Waals surface area contributed by atoms with Crippen molar-refractivity contribution < 1.29 is 64.5 Å². The normalized spacial score (nSPS) is 12.1. The number of hydrogen-bond donors (Lipinski definition) is 10. The number of amides is 6. The SMILES string of the molecule is CN(CC(O)CO)C(=O)c1c(I)c(NC(=O)CO)c(I)c(C(=O)NCCCN(CCO)C(=O)c2c(I)c(NC(=O)CO)c(I)c(C(=O)N(C)CC(O)CO)c2I)c1I. The van der Waals surface area contributed by atoms with Gasteiger partial charge in [0.2, 0.25) is 11.8 Å². The fraction of sp³-hybridized carbons (Fsp3) is 0.455. The number of anilines is 2. The van der Waals surface area contributed by atoms with Crippen LogP contribution in [0.15, 0.2) is 0 Å². The highest BCUT2D eigenvalue weighted by Gasteiger charge is 2.33. The number of halogens is 6. The largest absolute Gasteiger partial charge is 0.395 e. The molecule has 0 heterocycles. The Morgan fingerprint density at radius 3 is 1.33 bits per heavy atom. The number of rotatable bonds is 20. The van der Waals surface area contributed by atoms with Crippen molar-refractivity contribution in [1.82, 2.24) is 20.0 Å². The molecule has 0 radical (unpaired) electrons. The molecule has 2 aromatic rings. The second-order valence-corrected chi connectivity index (χ2v) is 18.7. The van der Waals surface area contributed by atoms with Crippen molar-refractivity contribution in [2.24, 2.45) is 0 Å². The molecule has 0 saturated carbocycles. The summed E-state index contributed by atoms with van der Waals surface area (Å²) in [6.45, 7) is -4.15. The van der Waals surface area contributed by atoms with Crippen molar-refractivity contribution in [2.45, 2.75) is 18.6 Å². The predicted molar refractivity (Wildman–Crippen MR) is 261 cm³/mol. The van der Waals surface area contributed by atoms with Crippen LogP contribution in [0.3, 0.4) is 0 Å². The first-order valence-electron chi connectivity index (χ1n) is 16.7. The number of aliphatic hydroxyl groups is 7. The van der Waals surface area contributed by atoms with E-state index in [4.69, 9.17) is 0 Å². The molecule has 0 aliphatic carbocycles. The smallest absolute Gasteiger partial charge is 0.256 e. The van der Waals surface area contributed by atoms with Gasteiger partial charge in [0.05, 0.1) is 79.9 Å². The number of carbonyl (C=O) groups excluding carboxylic acids is 6. The molecule has 58 heavy (non-hydrogen) atoms. The van der Waals surface area contributed by atoms with Gasteiger partial charge in [-0.05, 0) is 142 Å². The van der Waals surface area contributed by atoms with Crippen LogP contribution in [-0.2, 0) is 9.59 Å². The maximum Gasteiger partial charge on any atom is 0.256 e. The van der Waals surface area contributed by atoms with E-state index in [2.05, 4.69) is 16.0 Å². The molecule has 0 spiro atoms. The summed E-state index contributed by atoms with van der Waals surface area (Å²) >= 11 is 11.0. The second-order valence-electron chi connectivity index (χ2n) is 12.2. The lowest BCUT2D eigenvalue weighted by Gasteiger charge is -2.27. The van der Waals surface area contributed by atoms with Crippen molar-refractivity contribution >= 4 is 182 Å². The molecule has 0 bridgehead atoms. The highest BCUT2D eigenvalue weighted by molar-refractivity contribution is 14.1. The van der Waals surface area contributed by atoms with Gasteiger partial charge in [0.25, 0.3) is 23.6 Å². The Morgan fingerprint density at radius 1 is 0.569 bits per heavy atom. The lowest BCUT2D eigenvalue weighted by molar-refractivity contribution is -0.119. The molecule has 0 aliphatic rings. The zero-order valence-electron chi connectivity index (χ0n) is 30.6. The molecule has 0 saturated heterocycles. The standard InChI is InChI=1S/C33H40I6N6O13/c1-43(8-14(51)10-47)31(56)19-22(34)18(24(36)28(25(19)37)41-16(53)12-49)30(55)40-4-3-5-45(6-7-46)33(58)21-23(35)20(32(57)44(2)9-15(52)11-48)26(38)29(27(21)39)42-17(54)13-50/h14-15,46-52H,3-13H2,1-2H3,(H,40,55)(H,41,53)(H,42,54). The van der Waals surface area contributed by atoms with E-state index >= 15 is 0 Å². The summed E-state index contributed by atoms with van der Waals surface area (Å²) in [5, 5.41) is 75.1. The molecule has 19 nitrogen and oxygen atoms in total. The Balaban J connectivity index is 2.52. The van der Waals surface area contributed by atoms with Gasteiger partial charge in [0.15, 0.2) is 0 Å². The summed E-state index contributed by atoms with van der Waals surface area (Å²) in [6.07, 6.45) is -2.36. The molecule has 2 unspecified atom stereocenters. The van der Waals surface area contributed by atoms with Crippen LogP contribution in [-0.4, -0.2) is 178 Å².